The molecule has 2 heterocycles. The smallest absolute Gasteiger partial charge is 0.337 e. The molecule has 3 N–H and O–H groups in total. The predicted molar refractivity (Wildman–Crippen MR) is 105 cm³/mol. The summed E-state index contributed by atoms with van der Waals surface area (Å²) in [5.74, 6) is -1.59. The zero-order valence-corrected chi connectivity index (χ0v) is 15.6. The third-order valence-electron chi connectivity index (χ3n) is 4.69. The van der Waals surface area contributed by atoms with Gasteiger partial charge in [0.1, 0.15) is 0 Å². The molecule has 0 fully saturated rings. The van der Waals surface area contributed by atoms with Gasteiger partial charge in [0.05, 0.1) is 42.1 Å². The minimum atomic E-state index is -0.660. The molecular formula is C21H16FN3O4. The lowest BCUT2D eigenvalue weighted by molar-refractivity contribution is 0.0600. The number of ether oxygens (including phenoxy) is 2. The standard InChI is InChI=1S/C21H16FN3O4/c1-28-17-6-4-10(7-14(17)22)15-9-13(20(23)26)19-18(24-15)12-5-3-11(21(27)29-2)8-16(12)25-19/h3-9,25H,1-2H3,(H2,23,26). The number of esters is 1. The number of methoxy groups -OCH3 is 2. The fourth-order valence-electron chi connectivity index (χ4n) is 3.27. The second-order valence-electron chi connectivity index (χ2n) is 6.37. The van der Waals surface area contributed by atoms with Crippen LogP contribution in [0.4, 0.5) is 4.39 Å². The summed E-state index contributed by atoms with van der Waals surface area (Å²) in [4.78, 5) is 31.6. The fourth-order valence-corrected chi connectivity index (χ4v) is 3.27. The number of nitrogens with two attached hydrogens (primary N) is 1. The van der Waals surface area contributed by atoms with E-state index >= 15 is 0 Å². The number of fused-ring (bicyclic) bond motifs is 3. The van der Waals surface area contributed by atoms with Crippen molar-refractivity contribution in [1.82, 2.24) is 9.97 Å². The summed E-state index contributed by atoms with van der Waals surface area (Å²) in [7, 11) is 2.67. The SMILES string of the molecule is COC(=O)c1ccc2c(c1)[nH]c1c(C(N)=O)cc(-c3ccc(OC)c(F)c3)nc12. The van der Waals surface area contributed by atoms with Crippen molar-refractivity contribution in [1.29, 1.82) is 0 Å². The number of primary amides is 1. The van der Waals surface area contributed by atoms with Gasteiger partial charge in [-0.15, -0.1) is 0 Å². The Morgan fingerprint density at radius 3 is 2.55 bits per heavy atom. The van der Waals surface area contributed by atoms with Gasteiger partial charge in [-0.05, 0) is 42.5 Å². The van der Waals surface area contributed by atoms with Gasteiger partial charge in [-0.3, -0.25) is 4.79 Å². The van der Waals surface area contributed by atoms with Crippen LogP contribution in [0, 0.1) is 5.82 Å². The largest absolute Gasteiger partial charge is 0.494 e. The Morgan fingerprint density at radius 2 is 1.90 bits per heavy atom. The van der Waals surface area contributed by atoms with Gasteiger partial charge in [0.2, 0.25) is 0 Å². The van der Waals surface area contributed by atoms with Crippen molar-refractivity contribution in [2.75, 3.05) is 14.2 Å². The van der Waals surface area contributed by atoms with Crippen LogP contribution in [0.1, 0.15) is 20.7 Å². The number of H-pyrrole nitrogens is 1. The third kappa shape index (κ3) is 3.04. The quantitative estimate of drug-likeness (QED) is 0.517. The Kier molecular flexibility index (Phi) is 4.38. The lowest BCUT2D eigenvalue weighted by Crippen LogP contribution is -2.12. The van der Waals surface area contributed by atoms with Crippen molar-refractivity contribution in [2.45, 2.75) is 0 Å². The Hall–Kier alpha value is -3.94. The molecule has 2 aromatic carbocycles. The minimum absolute atomic E-state index is 0.104. The molecule has 0 radical (unpaired) electrons. The number of hydrogen-bond acceptors (Lipinski definition) is 5. The van der Waals surface area contributed by atoms with E-state index in [1.54, 1.807) is 24.3 Å². The first kappa shape index (κ1) is 18.4. The maximum absolute atomic E-state index is 14.2. The maximum Gasteiger partial charge on any atom is 0.337 e. The van der Waals surface area contributed by atoms with Crippen molar-refractivity contribution in [3.8, 4) is 17.0 Å². The van der Waals surface area contributed by atoms with Gasteiger partial charge in [0, 0.05) is 16.5 Å². The van der Waals surface area contributed by atoms with Gasteiger partial charge in [-0.25, -0.2) is 14.2 Å². The molecule has 1 amide bonds. The van der Waals surface area contributed by atoms with Crippen LogP contribution in [0.15, 0.2) is 42.5 Å². The first-order valence-corrected chi connectivity index (χ1v) is 8.61. The lowest BCUT2D eigenvalue weighted by atomic mass is 10.1. The number of pyridine rings is 1. The number of halogens is 1. The molecule has 4 aromatic rings. The Bertz CT molecular complexity index is 1300. The van der Waals surface area contributed by atoms with Crippen LogP contribution in [0.3, 0.4) is 0 Å². The number of carbonyl (C=O) groups excluding carboxylic acids is 2. The Labute approximate surface area is 164 Å². The lowest BCUT2D eigenvalue weighted by Gasteiger charge is -2.07. The molecule has 29 heavy (non-hydrogen) atoms. The Balaban J connectivity index is 1.98. The van der Waals surface area contributed by atoms with Gasteiger partial charge in [-0.2, -0.15) is 0 Å². The van der Waals surface area contributed by atoms with Crippen molar-refractivity contribution >= 4 is 33.8 Å². The maximum atomic E-state index is 14.2. The highest BCUT2D eigenvalue weighted by atomic mass is 19.1. The van der Waals surface area contributed by atoms with Gasteiger partial charge in [0.25, 0.3) is 5.91 Å². The van der Waals surface area contributed by atoms with Gasteiger partial charge in [0.15, 0.2) is 11.6 Å². The molecule has 8 heteroatoms. The zero-order chi connectivity index (χ0) is 20.7. The van der Waals surface area contributed by atoms with Gasteiger partial charge in [-0.1, -0.05) is 0 Å². The average molecular weight is 393 g/mol. The van der Waals surface area contributed by atoms with Gasteiger partial charge >= 0.3 is 5.97 Å². The monoisotopic (exact) mass is 393 g/mol. The number of benzene rings is 2. The van der Waals surface area contributed by atoms with Crippen LogP contribution in [-0.2, 0) is 4.74 Å². The summed E-state index contributed by atoms with van der Waals surface area (Å²) in [6.45, 7) is 0. The van der Waals surface area contributed by atoms with E-state index in [2.05, 4.69) is 9.97 Å². The van der Waals surface area contributed by atoms with E-state index in [0.717, 1.165) is 0 Å². The number of nitrogens with zero attached hydrogens (tertiary/aromatic N) is 1. The molecule has 0 aliphatic carbocycles. The number of aromatic nitrogens is 2. The summed E-state index contributed by atoms with van der Waals surface area (Å²) >= 11 is 0. The number of hydrogen-bond donors (Lipinski definition) is 2. The van der Waals surface area contributed by atoms with E-state index in [4.69, 9.17) is 15.2 Å². The molecule has 7 nitrogen and oxygen atoms in total. The molecule has 0 saturated heterocycles. The molecule has 0 atom stereocenters. The third-order valence-corrected chi connectivity index (χ3v) is 4.69. The number of amides is 1. The van der Waals surface area contributed by atoms with Crippen molar-refractivity contribution in [2.24, 2.45) is 5.73 Å². The van der Waals surface area contributed by atoms with Gasteiger partial charge < -0.3 is 20.2 Å². The normalized spacial score (nSPS) is 11.0. The number of carbonyl (C=O) groups is 2. The molecular weight excluding hydrogens is 377 g/mol. The summed E-state index contributed by atoms with van der Waals surface area (Å²) in [6.07, 6.45) is 0. The highest BCUT2D eigenvalue weighted by Gasteiger charge is 2.18. The topological polar surface area (TPSA) is 107 Å². The second kappa shape index (κ2) is 6.90. The number of aromatic amines is 1. The molecule has 0 aliphatic heterocycles. The van der Waals surface area contributed by atoms with E-state index < -0.39 is 17.7 Å². The molecule has 0 spiro atoms. The van der Waals surface area contributed by atoms with Crippen LogP contribution < -0.4 is 10.5 Å². The van der Waals surface area contributed by atoms with E-state index in [-0.39, 0.29) is 11.3 Å². The van der Waals surface area contributed by atoms with Crippen molar-refractivity contribution < 1.29 is 23.5 Å². The van der Waals surface area contributed by atoms with Crippen LogP contribution in [-0.4, -0.2) is 36.1 Å². The van der Waals surface area contributed by atoms with Crippen molar-refractivity contribution in [3.63, 3.8) is 0 Å². The van der Waals surface area contributed by atoms with Crippen LogP contribution in [0.25, 0.3) is 33.2 Å². The van der Waals surface area contributed by atoms with Crippen LogP contribution in [0.5, 0.6) is 5.75 Å². The first-order chi connectivity index (χ1) is 13.9. The fraction of sp³-hybridized carbons (Fsp3) is 0.0952. The average Bonchev–Trinajstić information content (AvgIpc) is 3.09. The number of nitrogens with one attached hydrogen (secondary N) is 1. The highest BCUT2D eigenvalue weighted by molar-refractivity contribution is 6.14. The minimum Gasteiger partial charge on any atom is -0.494 e. The zero-order valence-electron chi connectivity index (χ0n) is 15.6. The molecule has 2 aromatic heterocycles. The Morgan fingerprint density at radius 1 is 1.10 bits per heavy atom. The van der Waals surface area contributed by atoms with E-state index in [1.807, 2.05) is 0 Å². The molecule has 4 rings (SSSR count). The second-order valence-corrected chi connectivity index (χ2v) is 6.37. The molecule has 0 saturated carbocycles. The van der Waals surface area contributed by atoms with Crippen LogP contribution in [0.2, 0.25) is 0 Å². The first-order valence-electron chi connectivity index (χ1n) is 8.61. The van der Waals surface area contributed by atoms with E-state index in [9.17, 15) is 14.0 Å². The summed E-state index contributed by atoms with van der Waals surface area (Å²) < 4.78 is 23.8. The molecule has 0 bridgehead atoms. The predicted octanol–water partition coefficient (Wildman–Crippen LogP) is 3.42. The number of rotatable bonds is 4. The summed E-state index contributed by atoms with van der Waals surface area (Å²) in [6, 6.07) is 10.8. The van der Waals surface area contributed by atoms with Crippen LogP contribution >= 0.6 is 0 Å². The van der Waals surface area contributed by atoms with E-state index in [1.165, 1.54) is 32.4 Å². The summed E-state index contributed by atoms with van der Waals surface area (Å²) in [5, 5.41) is 0.686. The highest BCUT2D eigenvalue weighted by Crippen LogP contribution is 2.32. The summed E-state index contributed by atoms with van der Waals surface area (Å²) in [5.41, 5.74) is 8.49. The van der Waals surface area contributed by atoms with E-state index in [0.29, 0.717) is 38.8 Å². The molecule has 146 valence electrons. The van der Waals surface area contributed by atoms with Crippen molar-refractivity contribution in [3.05, 3.63) is 59.4 Å². The molecule has 0 aliphatic rings. The molecule has 0 unspecified atom stereocenters.